The van der Waals surface area contributed by atoms with Crippen LogP contribution in [0.4, 0.5) is 0 Å². The van der Waals surface area contributed by atoms with Gasteiger partial charge in [-0.3, -0.25) is 4.79 Å². The van der Waals surface area contributed by atoms with Gasteiger partial charge in [-0.1, -0.05) is 12.1 Å². The van der Waals surface area contributed by atoms with Gasteiger partial charge in [-0.15, -0.1) is 10.2 Å². The molecule has 0 unspecified atom stereocenters. The van der Waals surface area contributed by atoms with Crippen LogP contribution in [0.3, 0.4) is 0 Å². The topological polar surface area (TPSA) is 103 Å². The molecule has 1 amide bonds. The van der Waals surface area contributed by atoms with Crippen molar-refractivity contribution in [1.82, 2.24) is 23.8 Å². The summed E-state index contributed by atoms with van der Waals surface area (Å²) in [6.45, 7) is 0.744. The molecule has 0 saturated heterocycles. The summed E-state index contributed by atoms with van der Waals surface area (Å²) in [5.41, 5.74) is 3.72. The molecule has 2 aromatic carbocycles. The van der Waals surface area contributed by atoms with E-state index in [9.17, 15) is 4.79 Å². The third-order valence-corrected chi connectivity index (χ3v) is 5.57. The summed E-state index contributed by atoms with van der Waals surface area (Å²) >= 11 is 1.18. The first-order chi connectivity index (χ1) is 15.1. The SMILES string of the molecule is CN(Cc1ccc2nsnc2c1)C(=O)CCc1nnc(Cc2ccc3c(c2)OCO3)o1. The Morgan fingerprint density at radius 2 is 1.81 bits per heavy atom. The summed E-state index contributed by atoms with van der Waals surface area (Å²) in [6.07, 6.45) is 1.18. The van der Waals surface area contributed by atoms with Crippen molar-refractivity contribution in [3.05, 3.63) is 59.3 Å². The van der Waals surface area contributed by atoms with E-state index in [-0.39, 0.29) is 12.7 Å². The summed E-state index contributed by atoms with van der Waals surface area (Å²) in [4.78, 5) is 14.2. The number of benzene rings is 2. The van der Waals surface area contributed by atoms with Gasteiger partial charge >= 0.3 is 0 Å². The Hall–Kier alpha value is -3.53. The van der Waals surface area contributed by atoms with Crippen LogP contribution in [0.5, 0.6) is 11.5 Å². The molecule has 0 atom stereocenters. The monoisotopic (exact) mass is 437 g/mol. The van der Waals surface area contributed by atoms with Crippen LogP contribution in [0.15, 0.2) is 40.8 Å². The zero-order valence-electron chi connectivity index (χ0n) is 16.8. The maximum Gasteiger partial charge on any atom is 0.231 e. The fourth-order valence-corrected chi connectivity index (χ4v) is 3.90. The lowest BCUT2D eigenvalue weighted by molar-refractivity contribution is -0.130. The highest BCUT2D eigenvalue weighted by Gasteiger charge is 2.16. The molecule has 0 saturated carbocycles. The van der Waals surface area contributed by atoms with Crippen LogP contribution in [0, 0.1) is 0 Å². The minimum Gasteiger partial charge on any atom is -0.454 e. The first-order valence-corrected chi connectivity index (χ1v) is 10.5. The van der Waals surface area contributed by atoms with Crippen LogP contribution in [0.2, 0.25) is 0 Å². The largest absolute Gasteiger partial charge is 0.454 e. The zero-order chi connectivity index (χ0) is 21.2. The maximum absolute atomic E-state index is 12.5. The Morgan fingerprint density at radius 1 is 1.00 bits per heavy atom. The van der Waals surface area contributed by atoms with Crippen LogP contribution in [-0.4, -0.2) is 43.6 Å². The van der Waals surface area contributed by atoms with Crippen molar-refractivity contribution in [3.63, 3.8) is 0 Å². The van der Waals surface area contributed by atoms with E-state index in [0.29, 0.717) is 37.6 Å². The van der Waals surface area contributed by atoms with E-state index in [2.05, 4.69) is 18.9 Å². The van der Waals surface area contributed by atoms with Gasteiger partial charge in [-0.2, -0.15) is 8.75 Å². The lowest BCUT2D eigenvalue weighted by Gasteiger charge is -2.16. The molecule has 5 rings (SSSR count). The normalized spacial score (nSPS) is 12.4. The molecule has 0 spiro atoms. The Balaban J connectivity index is 1.14. The number of rotatable bonds is 7. The quantitative estimate of drug-likeness (QED) is 0.435. The van der Waals surface area contributed by atoms with Gasteiger partial charge < -0.3 is 18.8 Å². The van der Waals surface area contributed by atoms with Crippen LogP contribution < -0.4 is 9.47 Å². The van der Waals surface area contributed by atoms with Gasteiger partial charge in [-0.05, 0) is 35.4 Å². The van der Waals surface area contributed by atoms with E-state index in [0.717, 1.165) is 33.7 Å². The summed E-state index contributed by atoms with van der Waals surface area (Å²) in [6, 6.07) is 11.6. The van der Waals surface area contributed by atoms with Crippen LogP contribution >= 0.6 is 11.7 Å². The number of carbonyl (C=O) groups is 1. The highest BCUT2D eigenvalue weighted by molar-refractivity contribution is 7.00. The lowest BCUT2D eigenvalue weighted by Crippen LogP contribution is -2.26. The third kappa shape index (κ3) is 4.33. The zero-order valence-corrected chi connectivity index (χ0v) is 17.6. The van der Waals surface area contributed by atoms with Crippen LogP contribution in [0.25, 0.3) is 11.0 Å². The average molecular weight is 437 g/mol. The van der Waals surface area contributed by atoms with Gasteiger partial charge in [-0.25, -0.2) is 0 Å². The third-order valence-electron chi connectivity index (χ3n) is 5.02. The van der Waals surface area contributed by atoms with Crippen LogP contribution in [-0.2, 0) is 24.2 Å². The van der Waals surface area contributed by atoms with Gasteiger partial charge in [0.05, 0.1) is 18.1 Å². The van der Waals surface area contributed by atoms with Gasteiger partial charge in [0.2, 0.25) is 24.5 Å². The van der Waals surface area contributed by atoms with Crippen molar-refractivity contribution in [2.75, 3.05) is 13.8 Å². The molecule has 2 aromatic heterocycles. The van der Waals surface area contributed by atoms with Gasteiger partial charge in [0, 0.05) is 26.4 Å². The molecular weight excluding hydrogens is 418 g/mol. The number of aromatic nitrogens is 4. The summed E-state index contributed by atoms with van der Waals surface area (Å²) in [5.74, 6) is 2.41. The smallest absolute Gasteiger partial charge is 0.231 e. The van der Waals surface area contributed by atoms with Gasteiger partial charge in [0.25, 0.3) is 0 Å². The first-order valence-electron chi connectivity index (χ1n) is 9.79. The number of nitrogens with zero attached hydrogens (tertiary/aromatic N) is 5. The molecule has 0 radical (unpaired) electrons. The number of hydrogen-bond acceptors (Lipinski definition) is 9. The second-order valence-electron chi connectivity index (χ2n) is 7.29. The van der Waals surface area contributed by atoms with Crippen molar-refractivity contribution in [3.8, 4) is 11.5 Å². The number of carbonyl (C=O) groups excluding carboxylic acids is 1. The predicted octanol–water partition coefficient (Wildman–Crippen LogP) is 2.99. The predicted molar refractivity (Wildman–Crippen MR) is 112 cm³/mol. The van der Waals surface area contributed by atoms with Gasteiger partial charge in [0.1, 0.15) is 11.0 Å². The molecule has 0 fully saturated rings. The van der Waals surface area contributed by atoms with Crippen molar-refractivity contribution in [2.45, 2.75) is 25.8 Å². The number of amides is 1. The molecule has 1 aliphatic heterocycles. The molecule has 31 heavy (non-hydrogen) atoms. The standard InChI is InChI=1S/C21H19N5O4S/c1-26(11-14-2-4-15-16(8-14)25-31-24-15)21(27)7-6-19-22-23-20(30-19)10-13-3-5-17-18(9-13)29-12-28-17/h2-5,8-9H,6-7,10-12H2,1H3. The Bertz CT molecular complexity index is 1240. The maximum atomic E-state index is 12.5. The molecule has 158 valence electrons. The van der Waals surface area contributed by atoms with E-state index in [1.807, 2.05) is 36.4 Å². The molecule has 1 aliphatic rings. The first kappa shape index (κ1) is 19.4. The summed E-state index contributed by atoms with van der Waals surface area (Å²) < 4.78 is 24.9. The minimum atomic E-state index is 0.00650. The van der Waals surface area contributed by atoms with E-state index in [1.165, 1.54) is 11.7 Å². The van der Waals surface area contributed by atoms with Gasteiger partial charge in [0.15, 0.2) is 11.5 Å². The molecule has 9 nitrogen and oxygen atoms in total. The van der Waals surface area contributed by atoms with Crippen molar-refractivity contribution >= 4 is 28.7 Å². The highest BCUT2D eigenvalue weighted by Crippen LogP contribution is 2.33. The average Bonchev–Trinajstić information content (AvgIpc) is 3.52. The number of fused-ring (bicyclic) bond motifs is 2. The summed E-state index contributed by atoms with van der Waals surface area (Å²) in [7, 11) is 1.78. The fourth-order valence-electron chi connectivity index (χ4n) is 3.38. The lowest BCUT2D eigenvalue weighted by atomic mass is 10.1. The van der Waals surface area contributed by atoms with Crippen molar-refractivity contribution < 1.29 is 18.7 Å². The minimum absolute atomic E-state index is 0.00650. The molecular formula is C21H19N5O4S. The Morgan fingerprint density at radius 3 is 2.74 bits per heavy atom. The Labute approximate surface area is 181 Å². The van der Waals surface area contributed by atoms with E-state index >= 15 is 0 Å². The van der Waals surface area contributed by atoms with Crippen LogP contribution in [0.1, 0.15) is 29.3 Å². The molecule has 4 aromatic rings. The number of aryl methyl sites for hydroxylation is 1. The highest BCUT2D eigenvalue weighted by atomic mass is 32.1. The molecule has 3 heterocycles. The Kier molecular flexibility index (Phi) is 5.21. The van der Waals surface area contributed by atoms with Crippen molar-refractivity contribution in [1.29, 1.82) is 0 Å². The molecule has 10 heteroatoms. The van der Waals surface area contributed by atoms with E-state index in [1.54, 1.807) is 11.9 Å². The second-order valence-corrected chi connectivity index (χ2v) is 7.82. The fraction of sp³-hybridized carbons (Fsp3) is 0.286. The molecule has 0 aliphatic carbocycles. The second kappa shape index (κ2) is 8.31. The van der Waals surface area contributed by atoms with E-state index in [4.69, 9.17) is 13.9 Å². The number of hydrogen-bond donors (Lipinski definition) is 0. The number of ether oxygens (including phenoxy) is 2. The van der Waals surface area contributed by atoms with E-state index < -0.39 is 0 Å². The summed E-state index contributed by atoms with van der Waals surface area (Å²) in [5, 5.41) is 8.16. The molecule has 0 bridgehead atoms. The molecule has 0 N–H and O–H groups in total. The van der Waals surface area contributed by atoms with Crippen molar-refractivity contribution in [2.24, 2.45) is 0 Å².